The Balaban J connectivity index is 1.45. The number of carbonyl (C=O) groups excluding carboxylic acids is 3. The Bertz CT molecular complexity index is 1490. The van der Waals surface area contributed by atoms with Crippen molar-refractivity contribution < 1.29 is 14.4 Å². The summed E-state index contributed by atoms with van der Waals surface area (Å²) in [5.41, 5.74) is 3.29. The van der Waals surface area contributed by atoms with Gasteiger partial charge >= 0.3 is 0 Å². The van der Waals surface area contributed by atoms with Gasteiger partial charge in [-0.05, 0) is 34.7 Å². The second-order valence-corrected chi connectivity index (χ2v) is 10.1. The Kier molecular flexibility index (Phi) is 6.12. The number of carbonyl (C=O) groups is 3. The zero-order chi connectivity index (χ0) is 26.1. The molecule has 0 radical (unpaired) electrons. The summed E-state index contributed by atoms with van der Waals surface area (Å²) in [6.07, 6.45) is 0.357. The lowest BCUT2D eigenvalue weighted by atomic mass is 9.66. The standard InChI is InChI=1S/C33H28N2O3/c36-30-20-28(31(37)35(30)23-26-16-8-3-9-17-26)33(21-24-12-4-1-5-13-24)27-18-10-11-19-29(27)34(32(33)38)22-25-14-6-2-7-15-25/h1-19,28H,20-23H2/t28-,33+/m0/s1. The van der Waals surface area contributed by atoms with E-state index < -0.39 is 11.3 Å². The van der Waals surface area contributed by atoms with Crippen molar-refractivity contribution in [1.29, 1.82) is 0 Å². The quantitative estimate of drug-likeness (QED) is 0.324. The van der Waals surface area contributed by atoms with Crippen molar-refractivity contribution in [3.8, 4) is 0 Å². The van der Waals surface area contributed by atoms with Crippen molar-refractivity contribution in [3.63, 3.8) is 0 Å². The number of amides is 3. The van der Waals surface area contributed by atoms with Gasteiger partial charge in [0.1, 0.15) is 0 Å². The summed E-state index contributed by atoms with van der Waals surface area (Å²) in [5.74, 6) is -1.42. The molecule has 0 aromatic heterocycles. The molecule has 38 heavy (non-hydrogen) atoms. The summed E-state index contributed by atoms with van der Waals surface area (Å²) in [6, 6.07) is 36.9. The maximum atomic E-state index is 14.6. The van der Waals surface area contributed by atoms with Gasteiger partial charge in [-0.1, -0.05) is 109 Å². The first-order valence-corrected chi connectivity index (χ1v) is 13.0. The molecule has 0 unspecified atom stereocenters. The summed E-state index contributed by atoms with van der Waals surface area (Å²) in [4.78, 5) is 45.2. The lowest BCUT2D eigenvalue weighted by Gasteiger charge is -2.33. The smallest absolute Gasteiger partial charge is 0.239 e. The predicted octanol–water partition coefficient (Wildman–Crippen LogP) is 5.29. The van der Waals surface area contributed by atoms with Crippen LogP contribution in [0.2, 0.25) is 0 Å². The number of benzene rings is 4. The Morgan fingerprint density at radius 3 is 1.71 bits per heavy atom. The number of hydrogen-bond acceptors (Lipinski definition) is 3. The topological polar surface area (TPSA) is 57.7 Å². The number of anilines is 1. The Morgan fingerprint density at radius 1 is 0.605 bits per heavy atom. The van der Waals surface area contributed by atoms with Crippen LogP contribution in [0.4, 0.5) is 5.69 Å². The predicted molar refractivity (Wildman–Crippen MR) is 146 cm³/mol. The number of imide groups is 1. The minimum atomic E-state index is -1.18. The lowest BCUT2D eigenvalue weighted by molar-refractivity contribution is -0.142. The number of rotatable bonds is 7. The molecule has 1 saturated heterocycles. The molecule has 0 spiro atoms. The van der Waals surface area contributed by atoms with Crippen LogP contribution >= 0.6 is 0 Å². The van der Waals surface area contributed by atoms with Gasteiger partial charge in [0.15, 0.2) is 0 Å². The van der Waals surface area contributed by atoms with Crippen molar-refractivity contribution in [1.82, 2.24) is 4.90 Å². The van der Waals surface area contributed by atoms with Gasteiger partial charge < -0.3 is 4.90 Å². The summed E-state index contributed by atoms with van der Waals surface area (Å²) in [7, 11) is 0. The monoisotopic (exact) mass is 500 g/mol. The molecule has 0 saturated carbocycles. The molecule has 6 rings (SSSR count). The van der Waals surface area contributed by atoms with E-state index in [2.05, 4.69) is 0 Å². The van der Waals surface area contributed by atoms with E-state index in [4.69, 9.17) is 0 Å². The average Bonchev–Trinajstić information content (AvgIpc) is 3.36. The molecule has 188 valence electrons. The van der Waals surface area contributed by atoms with Gasteiger partial charge in [0.25, 0.3) is 0 Å². The number of fused-ring (bicyclic) bond motifs is 1. The van der Waals surface area contributed by atoms with Crippen LogP contribution in [0.25, 0.3) is 0 Å². The third-order valence-corrected chi connectivity index (χ3v) is 7.83. The minimum Gasteiger partial charge on any atom is -0.307 e. The van der Waals surface area contributed by atoms with Crippen molar-refractivity contribution in [2.45, 2.75) is 31.3 Å². The maximum absolute atomic E-state index is 14.6. The molecule has 0 aliphatic carbocycles. The van der Waals surface area contributed by atoms with Gasteiger partial charge in [-0.25, -0.2) is 0 Å². The van der Waals surface area contributed by atoms with Crippen LogP contribution < -0.4 is 4.90 Å². The first-order valence-electron chi connectivity index (χ1n) is 13.0. The fourth-order valence-corrected chi connectivity index (χ4v) is 6.02. The number of hydrogen-bond donors (Lipinski definition) is 0. The molecule has 2 aliphatic heterocycles. The van der Waals surface area contributed by atoms with Crippen molar-refractivity contribution in [3.05, 3.63) is 138 Å². The zero-order valence-electron chi connectivity index (χ0n) is 21.0. The minimum absolute atomic E-state index is 0.0117. The third-order valence-electron chi connectivity index (χ3n) is 7.83. The maximum Gasteiger partial charge on any atom is 0.239 e. The second kappa shape index (κ2) is 9.75. The zero-order valence-corrected chi connectivity index (χ0v) is 21.0. The van der Waals surface area contributed by atoms with Crippen LogP contribution in [0.15, 0.2) is 115 Å². The first kappa shape index (κ1) is 23.9. The lowest BCUT2D eigenvalue weighted by Crippen LogP contribution is -2.49. The molecular formula is C33H28N2O3. The molecule has 5 nitrogen and oxygen atoms in total. The highest BCUT2D eigenvalue weighted by Gasteiger charge is 2.61. The largest absolute Gasteiger partial charge is 0.307 e. The van der Waals surface area contributed by atoms with Crippen molar-refractivity contribution >= 4 is 23.4 Å². The highest BCUT2D eigenvalue weighted by atomic mass is 16.2. The van der Waals surface area contributed by atoms with E-state index >= 15 is 0 Å². The Hall–Kier alpha value is -4.51. The SMILES string of the molecule is O=C1C[C@H]([C@]2(Cc3ccccc3)C(=O)N(Cc3ccccc3)c3ccccc32)C(=O)N1Cc1ccccc1. The normalized spacial score (nSPS) is 20.7. The molecule has 2 aliphatic rings. The van der Waals surface area contributed by atoms with Crippen LogP contribution in [0, 0.1) is 5.92 Å². The van der Waals surface area contributed by atoms with E-state index in [0.717, 1.165) is 27.9 Å². The van der Waals surface area contributed by atoms with Crippen molar-refractivity contribution in [2.75, 3.05) is 4.90 Å². The highest BCUT2D eigenvalue weighted by molar-refractivity contribution is 6.14. The van der Waals surface area contributed by atoms with E-state index in [9.17, 15) is 14.4 Å². The Labute approximate surface area is 222 Å². The molecule has 4 aromatic rings. The van der Waals surface area contributed by atoms with Crippen LogP contribution in [0.1, 0.15) is 28.7 Å². The summed E-state index contributed by atoms with van der Waals surface area (Å²) >= 11 is 0. The van der Waals surface area contributed by atoms with E-state index in [-0.39, 0.29) is 30.7 Å². The molecule has 0 N–H and O–H groups in total. The van der Waals surface area contributed by atoms with E-state index in [1.807, 2.05) is 115 Å². The molecule has 4 aromatic carbocycles. The molecule has 2 heterocycles. The fourth-order valence-electron chi connectivity index (χ4n) is 6.02. The summed E-state index contributed by atoms with van der Waals surface area (Å²) in [5, 5.41) is 0. The van der Waals surface area contributed by atoms with Crippen LogP contribution in [-0.4, -0.2) is 22.6 Å². The van der Waals surface area contributed by atoms with E-state index in [0.29, 0.717) is 13.0 Å². The Morgan fingerprint density at radius 2 is 1.11 bits per heavy atom. The number of likely N-dealkylation sites (tertiary alicyclic amines) is 1. The molecule has 1 fully saturated rings. The molecule has 0 bridgehead atoms. The van der Waals surface area contributed by atoms with Crippen LogP contribution in [0.3, 0.4) is 0 Å². The van der Waals surface area contributed by atoms with Gasteiger partial charge in [-0.2, -0.15) is 0 Å². The molecule has 2 atom stereocenters. The van der Waals surface area contributed by atoms with Gasteiger partial charge in [-0.3, -0.25) is 19.3 Å². The fraction of sp³-hybridized carbons (Fsp3) is 0.182. The van der Waals surface area contributed by atoms with Gasteiger partial charge in [0.05, 0.1) is 24.4 Å². The summed E-state index contributed by atoms with van der Waals surface area (Å²) in [6.45, 7) is 0.607. The van der Waals surface area contributed by atoms with Gasteiger partial charge in [0, 0.05) is 12.1 Å². The van der Waals surface area contributed by atoms with E-state index in [1.54, 1.807) is 4.90 Å². The molecule has 3 amide bonds. The van der Waals surface area contributed by atoms with Gasteiger partial charge in [-0.15, -0.1) is 0 Å². The van der Waals surface area contributed by atoms with Crippen LogP contribution in [0.5, 0.6) is 0 Å². The summed E-state index contributed by atoms with van der Waals surface area (Å²) < 4.78 is 0. The first-order chi connectivity index (χ1) is 18.6. The molecular weight excluding hydrogens is 472 g/mol. The number of para-hydroxylation sites is 1. The van der Waals surface area contributed by atoms with Crippen molar-refractivity contribution in [2.24, 2.45) is 5.92 Å². The number of nitrogens with zero attached hydrogens (tertiary/aromatic N) is 2. The second-order valence-electron chi connectivity index (χ2n) is 10.1. The average molecular weight is 501 g/mol. The molecule has 5 heteroatoms. The van der Waals surface area contributed by atoms with E-state index in [1.165, 1.54) is 4.90 Å². The van der Waals surface area contributed by atoms with Gasteiger partial charge in [0.2, 0.25) is 17.7 Å². The third kappa shape index (κ3) is 4.01. The highest BCUT2D eigenvalue weighted by Crippen LogP contribution is 2.52. The van der Waals surface area contributed by atoms with Crippen LogP contribution in [-0.2, 0) is 39.3 Å².